The molecule has 0 N–H and O–H groups in total. The second kappa shape index (κ2) is 4.97. The van der Waals surface area contributed by atoms with Crippen LogP contribution in [0.1, 0.15) is 6.92 Å². The molecule has 0 atom stereocenters. The summed E-state index contributed by atoms with van der Waals surface area (Å²) >= 11 is 6.63. The molecule has 2 saturated heterocycles. The smallest absolute Gasteiger partial charge is 0.148 e. The van der Waals surface area contributed by atoms with Gasteiger partial charge in [-0.1, -0.05) is 11.6 Å². The van der Waals surface area contributed by atoms with E-state index in [0.717, 1.165) is 52.6 Å². The Labute approximate surface area is 96.1 Å². The first kappa shape index (κ1) is 11.6. The van der Waals surface area contributed by atoms with Crippen molar-refractivity contribution < 1.29 is 9.47 Å². The van der Waals surface area contributed by atoms with Crippen molar-refractivity contribution in [2.45, 2.75) is 12.0 Å². The summed E-state index contributed by atoms with van der Waals surface area (Å²) in [5.41, 5.74) is 0. The number of ether oxygens (including phenoxy) is 2. The number of hydrogen-bond donors (Lipinski definition) is 0. The highest BCUT2D eigenvalue weighted by atomic mass is 35.5. The van der Waals surface area contributed by atoms with Gasteiger partial charge < -0.3 is 9.47 Å². The molecule has 0 bridgehead atoms. The maximum Gasteiger partial charge on any atom is 0.148 e. The van der Waals surface area contributed by atoms with Crippen LogP contribution in [0.15, 0.2) is 0 Å². The lowest BCUT2D eigenvalue weighted by Gasteiger charge is -2.47. The van der Waals surface area contributed by atoms with Crippen LogP contribution in [-0.2, 0) is 9.47 Å². The average molecular weight is 235 g/mol. The molecule has 0 amide bonds. The summed E-state index contributed by atoms with van der Waals surface area (Å²) in [4.78, 5) is 4.56. The molecule has 0 aromatic rings. The first-order chi connectivity index (χ1) is 7.21. The van der Waals surface area contributed by atoms with Gasteiger partial charge in [-0.3, -0.25) is 9.80 Å². The Morgan fingerprint density at radius 1 is 0.867 bits per heavy atom. The molecule has 2 rings (SSSR count). The van der Waals surface area contributed by atoms with Gasteiger partial charge in [0.05, 0.1) is 26.4 Å². The minimum absolute atomic E-state index is 0.381. The van der Waals surface area contributed by atoms with Gasteiger partial charge in [-0.05, 0) is 6.92 Å². The summed E-state index contributed by atoms with van der Waals surface area (Å²) in [5, 5.41) is -0.381. The molecule has 0 aromatic heterocycles. The van der Waals surface area contributed by atoms with Gasteiger partial charge in [0.25, 0.3) is 0 Å². The molecule has 0 saturated carbocycles. The van der Waals surface area contributed by atoms with Crippen molar-refractivity contribution in [1.82, 2.24) is 9.80 Å². The molecule has 0 radical (unpaired) electrons. The fourth-order valence-corrected chi connectivity index (χ4v) is 2.48. The second-order valence-corrected chi connectivity index (χ2v) is 4.82. The van der Waals surface area contributed by atoms with Crippen molar-refractivity contribution in [1.29, 1.82) is 0 Å². The molecule has 88 valence electrons. The van der Waals surface area contributed by atoms with Crippen LogP contribution < -0.4 is 0 Å². The Bertz CT molecular complexity index is 182. The molecule has 15 heavy (non-hydrogen) atoms. The van der Waals surface area contributed by atoms with Crippen LogP contribution in [0.2, 0.25) is 0 Å². The minimum atomic E-state index is -0.381. The van der Waals surface area contributed by atoms with Crippen LogP contribution >= 0.6 is 11.6 Å². The molecule has 0 spiro atoms. The zero-order valence-corrected chi connectivity index (χ0v) is 10.0. The molecule has 4 nitrogen and oxygen atoms in total. The summed E-state index contributed by atoms with van der Waals surface area (Å²) in [6.45, 7) is 8.87. The van der Waals surface area contributed by atoms with Gasteiger partial charge in [0.1, 0.15) is 5.12 Å². The maximum atomic E-state index is 6.63. The highest BCUT2D eigenvalue weighted by Gasteiger charge is 2.37. The van der Waals surface area contributed by atoms with E-state index < -0.39 is 0 Å². The third kappa shape index (κ3) is 2.63. The van der Waals surface area contributed by atoms with E-state index in [1.54, 1.807) is 0 Å². The minimum Gasteiger partial charge on any atom is -0.379 e. The third-order valence-electron chi connectivity index (χ3n) is 3.18. The van der Waals surface area contributed by atoms with Crippen LogP contribution in [-0.4, -0.2) is 67.5 Å². The van der Waals surface area contributed by atoms with Crippen LogP contribution in [0.4, 0.5) is 0 Å². The fraction of sp³-hybridized carbons (Fsp3) is 1.00. The zero-order valence-electron chi connectivity index (χ0n) is 9.25. The SMILES string of the molecule is CC(Cl)(N1CCOCC1)N1CCOCC1. The van der Waals surface area contributed by atoms with Crippen molar-refractivity contribution in [3.05, 3.63) is 0 Å². The molecule has 2 aliphatic heterocycles. The summed E-state index contributed by atoms with van der Waals surface area (Å²) in [5.74, 6) is 0. The lowest BCUT2D eigenvalue weighted by Crippen LogP contribution is -2.60. The summed E-state index contributed by atoms with van der Waals surface area (Å²) < 4.78 is 10.7. The van der Waals surface area contributed by atoms with Gasteiger partial charge in [0.2, 0.25) is 0 Å². The highest BCUT2D eigenvalue weighted by molar-refractivity contribution is 6.23. The normalized spacial score (nSPS) is 26.8. The van der Waals surface area contributed by atoms with E-state index in [9.17, 15) is 0 Å². The van der Waals surface area contributed by atoms with E-state index in [2.05, 4.69) is 16.7 Å². The van der Waals surface area contributed by atoms with Crippen LogP contribution in [0.25, 0.3) is 0 Å². The summed E-state index contributed by atoms with van der Waals surface area (Å²) in [6.07, 6.45) is 0. The Kier molecular flexibility index (Phi) is 3.85. The van der Waals surface area contributed by atoms with Crippen molar-refractivity contribution in [2.24, 2.45) is 0 Å². The van der Waals surface area contributed by atoms with Gasteiger partial charge in [0, 0.05) is 26.2 Å². The topological polar surface area (TPSA) is 24.9 Å². The number of morpholine rings is 2. The molecule has 0 aliphatic carbocycles. The number of alkyl halides is 1. The second-order valence-electron chi connectivity index (χ2n) is 4.10. The fourth-order valence-electron chi connectivity index (χ4n) is 2.14. The van der Waals surface area contributed by atoms with Gasteiger partial charge >= 0.3 is 0 Å². The quantitative estimate of drug-likeness (QED) is 0.515. The summed E-state index contributed by atoms with van der Waals surface area (Å²) in [7, 11) is 0. The number of hydrogen-bond acceptors (Lipinski definition) is 4. The summed E-state index contributed by atoms with van der Waals surface area (Å²) in [6, 6.07) is 0. The van der Waals surface area contributed by atoms with Gasteiger partial charge in [0.15, 0.2) is 0 Å². The number of nitrogens with zero attached hydrogens (tertiary/aromatic N) is 2. The molecule has 5 heteroatoms. The Hall–Kier alpha value is 0.130. The number of halogens is 1. The first-order valence-electron chi connectivity index (χ1n) is 5.56. The third-order valence-corrected chi connectivity index (χ3v) is 3.65. The predicted molar refractivity (Wildman–Crippen MR) is 59.0 cm³/mol. The Morgan fingerprint density at radius 3 is 1.53 bits per heavy atom. The molecule has 0 unspecified atom stereocenters. The molecule has 2 fully saturated rings. The van der Waals surface area contributed by atoms with E-state index >= 15 is 0 Å². The molecule has 2 aliphatic rings. The van der Waals surface area contributed by atoms with E-state index in [-0.39, 0.29) is 5.12 Å². The van der Waals surface area contributed by atoms with Gasteiger partial charge in [-0.25, -0.2) is 0 Å². The maximum absolute atomic E-state index is 6.63. The van der Waals surface area contributed by atoms with Gasteiger partial charge in [-0.2, -0.15) is 0 Å². The predicted octanol–water partition coefficient (Wildman–Crippen LogP) is 0.563. The van der Waals surface area contributed by atoms with Crippen LogP contribution in [0, 0.1) is 0 Å². The lowest BCUT2D eigenvalue weighted by molar-refractivity contribution is -0.0789. The van der Waals surface area contributed by atoms with E-state index in [1.807, 2.05) is 0 Å². The monoisotopic (exact) mass is 234 g/mol. The Morgan fingerprint density at radius 2 is 1.20 bits per heavy atom. The highest BCUT2D eigenvalue weighted by Crippen LogP contribution is 2.26. The average Bonchev–Trinajstić information content (AvgIpc) is 2.31. The van der Waals surface area contributed by atoms with Crippen molar-refractivity contribution in [3.8, 4) is 0 Å². The van der Waals surface area contributed by atoms with E-state index in [4.69, 9.17) is 21.1 Å². The lowest BCUT2D eigenvalue weighted by atomic mass is 10.3. The van der Waals surface area contributed by atoms with E-state index in [0.29, 0.717) is 0 Å². The first-order valence-corrected chi connectivity index (χ1v) is 5.93. The van der Waals surface area contributed by atoms with Crippen molar-refractivity contribution >= 4 is 11.6 Å². The van der Waals surface area contributed by atoms with Crippen LogP contribution in [0.5, 0.6) is 0 Å². The molecule has 0 aromatic carbocycles. The standard InChI is InChI=1S/C10H19ClN2O2/c1-10(11,12-2-6-14-7-3-12)13-4-8-15-9-5-13/h2-9H2,1H3. The van der Waals surface area contributed by atoms with E-state index in [1.165, 1.54) is 0 Å². The van der Waals surface area contributed by atoms with Crippen molar-refractivity contribution in [2.75, 3.05) is 52.6 Å². The largest absolute Gasteiger partial charge is 0.379 e. The Balaban J connectivity index is 1.96. The molecular weight excluding hydrogens is 216 g/mol. The van der Waals surface area contributed by atoms with Crippen molar-refractivity contribution in [3.63, 3.8) is 0 Å². The van der Waals surface area contributed by atoms with Crippen LogP contribution in [0.3, 0.4) is 0 Å². The van der Waals surface area contributed by atoms with Gasteiger partial charge in [-0.15, -0.1) is 0 Å². The molecular formula is C10H19ClN2O2. The zero-order chi connectivity index (χ0) is 10.7. The molecule has 2 heterocycles. The number of rotatable bonds is 2.